The number of nitrogens with zero attached hydrogens (tertiary/aromatic N) is 5. The van der Waals surface area contributed by atoms with E-state index >= 15 is 0 Å². The first kappa shape index (κ1) is 21.0. The number of aromatic nitrogens is 3. The lowest BCUT2D eigenvalue weighted by Crippen LogP contribution is -2.50. The SMILES string of the molecule is CCCCNC(=NCc1nnc(C)n1C)NC1CCN(C(=O)OCC)CC1. The van der Waals surface area contributed by atoms with Crippen LogP contribution in [0.5, 0.6) is 0 Å². The van der Waals surface area contributed by atoms with Crippen molar-refractivity contribution in [1.29, 1.82) is 0 Å². The van der Waals surface area contributed by atoms with Gasteiger partial charge in [0.25, 0.3) is 0 Å². The first-order valence-electron chi connectivity index (χ1n) is 9.86. The Balaban J connectivity index is 1.91. The molecule has 0 unspecified atom stereocenters. The number of unbranched alkanes of at least 4 members (excludes halogenated alkanes) is 1. The number of rotatable bonds is 7. The third-order valence-electron chi connectivity index (χ3n) is 4.75. The maximum absolute atomic E-state index is 11.8. The third-order valence-corrected chi connectivity index (χ3v) is 4.75. The van der Waals surface area contributed by atoms with Gasteiger partial charge >= 0.3 is 6.09 Å². The van der Waals surface area contributed by atoms with Crippen LogP contribution < -0.4 is 10.6 Å². The van der Waals surface area contributed by atoms with Gasteiger partial charge in [-0.15, -0.1) is 10.2 Å². The van der Waals surface area contributed by atoms with Crippen LogP contribution in [0, 0.1) is 6.92 Å². The summed E-state index contributed by atoms with van der Waals surface area (Å²) in [6, 6.07) is 0.282. The van der Waals surface area contributed by atoms with Crippen molar-refractivity contribution in [3.05, 3.63) is 11.6 Å². The summed E-state index contributed by atoms with van der Waals surface area (Å²) in [6.07, 6.45) is 3.74. The van der Waals surface area contributed by atoms with Crippen LogP contribution in [-0.2, 0) is 18.3 Å². The first-order chi connectivity index (χ1) is 13.0. The van der Waals surface area contributed by atoms with E-state index in [1.807, 2.05) is 25.5 Å². The number of ether oxygens (including phenoxy) is 1. The van der Waals surface area contributed by atoms with Crippen LogP contribution in [0.3, 0.4) is 0 Å². The summed E-state index contributed by atoms with van der Waals surface area (Å²) in [6.45, 7) is 9.08. The molecular formula is C18H33N7O2. The number of aryl methyl sites for hydroxylation is 1. The van der Waals surface area contributed by atoms with E-state index in [2.05, 4.69) is 32.7 Å². The van der Waals surface area contributed by atoms with Crippen LogP contribution in [-0.4, -0.2) is 64.0 Å². The standard InChI is InChI=1S/C18H33N7O2/c1-5-7-10-19-17(20-13-16-23-22-14(3)24(16)4)21-15-8-11-25(12-9-15)18(26)27-6-2/h15H,5-13H2,1-4H3,(H2,19,20,21). The van der Waals surface area contributed by atoms with E-state index in [9.17, 15) is 4.79 Å². The van der Waals surface area contributed by atoms with Gasteiger partial charge in [0.05, 0.1) is 6.61 Å². The molecule has 0 saturated carbocycles. The average molecular weight is 380 g/mol. The summed E-state index contributed by atoms with van der Waals surface area (Å²) in [7, 11) is 1.95. The molecule has 9 nitrogen and oxygen atoms in total. The quantitative estimate of drug-likeness (QED) is 0.424. The van der Waals surface area contributed by atoms with Gasteiger partial charge < -0.3 is 24.8 Å². The zero-order valence-corrected chi connectivity index (χ0v) is 17.0. The second-order valence-corrected chi connectivity index (χ2v) is 6.77. The normalized spacial score (nSPS) is 15.7. The minimum atomic E-state index is -0.219. The van der Waals surface area contributed by atoms with Gasteiger partial charge in [0.1, 0.15) is 12.4 Å². The number of carbonyl (C=O) groups is 1. The van der Waals surface area contributed by atoms with Gasteiger partial charge in [-0.3, -0.25) is 0 Å². The first-order valence-corrected chi connectivity index (χ1v) is 9.86. The molecule has 1 aromatic rings. The van der Waals surface area contributed by atoms with Crippen LogP contribution >= 0.6 is 0 Å². The van der Waals surface area contributed by atoms with E-state index in [-0.39, 0.29) is 12.1 Å². The van der Waals surface area contributed by atoms with E-state index in [1.165, 1.54) is 0 Å². The largest absolute Gasteiger partial charge is 0.450 e. The number of guanidine groups is 1. The van der Waals surface area contributed by atoms with E-state index < -0.39 is 0 Å². The van der Waals surface area contributed by atoms with Crippen molar-refractivity contribution in [2.24, 2.45) is 12.0 Å². The molecule has 2 heterocycles. The maximum Gasteiger partial charge on any atom is 0.409 e. The summed E-state index contributed by atoms with van der Waals surface area (Å²) in [5.74, 6) is 2.50. The molecule has 1 aliphatic heterocycles. The molecule has 0 spiro atoms. The molecule has 0 aliphatic carbocycles. The van der Waals surface area contributed by atoms with E-state index in [0.29, 0.717) is 26.2 Å². The lowest BCUT2D eigenvalue weighted by atomic mass is 10.1. The van der Waals surface area contributed by atoms with Crippen molar-refractivity contribution >= 4 is 12.1 Å². The molecule has 1 aromatic heterocycles. The van der Waals surface area contributed by atoms with Crippen molar-refractivity contribution in [3.63, 3.8) is 0 Å². The van der Waals surface area contributed by atoms with Gasteiger partial charge in [-0.1, -0.05) is 13.3 Å². The molecule has 152 valence electrons. The van der Waals surface area contributed by atoms with Gasteiger partial charge in [0.15, 0.2) is 11.8 Å². The monoisotopic (exact) mass is 379 g/mol. The zero-order chi connectivity index (χ0) is 19.6. The Bertz CT molecular complexity index is 621. The second-order valence-electron chi connectivity index (χ2n) is 6.77. The second kappa shape index (κ2) is 10.7. The Morgan fingerprint density at radius 2 is 2.04 bits per heavy atom. The fourth-order valence-electron chi connectivity index (χ4n) is 2.89. The molecule has 0 aromatic carbocycles. The Labute approximate surface area is 161 Å². The molecule has 1 fully saturated rings. The molecule has 0 atom stereocenters. The Hall–Kier alpha value is -2.32. The molecule has 1 amide bonds. The van der Waals surface area contributed by atoms with Crippen LogP contribution in [0.15, 0.2) is 4.99 Å². The average Bonchev–Trinajstić information content (AvgIpc) is 2.99. The summed E-state index contributed by atoms with van der Waals surface area (Å²) < 4.78 is 7.03. The van der Waals surface area contributed by atoms with E-state index in [0.717, 1.165) is 49.8 Å². The number of amides is 1. The topological polar surface area (TPSA) is 96.7 Å². The number of carbonyl (C=O) groups excluding carboxylic acids is 1. The maximum atomic E-state index is 11.8. The van der Waals surface area contributed by atoms with Crippen LogP contribution in [0.4, 0.5) is 4.79 Å². The fourth-order valence-corrected chi connectivity index (χ4v) is 2.89. The molecule has 1 saturated heterocycles. The molecular weight excluding hydrogens is 346 g/mol. The summed E-state index contributed by atoms with van der Waals surface area (Å²) in [5.41, 5.74) is 0. The minimum Gasteiger partial charge on any atom is -0.450 e. The van der Waals surface area contributed by atoms with Crippen molar-refractivity contribution in [2.75, 3.05) is 26.2 Å². The smallest absolute Gasteiger partial charge is 0.409 e. The number of aliphatic imine (C=N–C) groups is 1. The van der Waals surface area contributed by atoms with Gasteiger partial charge in [0, 0.05) is 32.7 Å². The molecule has 0 bridgehead atoms. The van der Waals surface area contributed by atoms with Crippen molar-refractivity contribution < 1.29 is 9.53 Å². The highest BCUT2D eigenvalue weighted by Gasteiger charge is 2.24. The van der Waals surface area contributed by atoms with Crippen LogP contribution in [0.1, 0.15) is 51.2 Å². The van der Waals surface area contributed by atoms with Crippen molar-refractivity contribution in [1.82, 2.24) is 30.3 Å². The predicted molar refractivity (Wildman–Crippen MR) is 105 cm³/mol. The van der Waals surface area contributed by atoms with Crippen LogP contribution in [0.25, 0.3) is 0 Å². The highest BCUT2D eigenvalue weighted by atomic mass is 16.6. The number of hydrogen-bond acceptors (Lipinski definition) is 5. The minimum absolute atomic E-state index is 0.219. The highest BCUT2D eigenvalue weighted by Crippen LogP contribution is 2.11. The third kappa shape index (κ3) is 6.41. The van der Waals surface area contributed by atoms with Gasteiger partial charge in [0.2, 0.25) is 0 Å². The van der Waals surface area contributed by atoms with E-state index in [4.69, 9.17) is 4.74 Å². The molecule has 2 N–H and O–H groups in total. The van der Waals surface area contributed by atoms with E-state index in [1.54, 1.807) is 4.90 Å². The summed E-state index contributed by atoms with van der Waals surface area (Å²) >= 11 is 0. The molecule has 1 aliphatic rings. The molecule has 27 heavy (non-hydrogen) atoms. The summed E-state index contributed by atoms with van der Waals surface area (Å²) in [5, 5.41) is 15.1. The fraction of sp³-hybridized carbons (Fsp3) is 0.778. The van der Waals surface area contributed by atoms with Gasteiger partial charge in [-0.2, -0.15) is 0 Å². The van der Waals surface area contributed by atoms with Crippen molar-refractivity contribution in [2.45, 2.75) is 59.0 Å². The van der Waals surface area contributed by atoms with Gasteiger partial charge in [-0.05, 0) is 33.1 Å². The molecule has 9 heteroatoms. The molecule has 0 radical (unpaired) electrons. The Morgan fingerprint density at radius 3 is 2.63 bits per heavy atom. The Kier molecular flexibility index (Phi) is 8.35. The molecule has 2 rings (SSSR count). The Morgan fingerprint density at radius 1 is 1.30 bits per heavy atom. The lowest BCUT2D eigenvalue weighted by Gasteiger charge is -2.32. The van der Waals surface area contributed by atoms with Crippen LogP contribution in [0.2, 0.25) is 0 Å². The number of hydrogen-bond donors (Lipinski definition) is 2. The predicted octanol–water partition coefficient (Wildman–Crippen LogP) is 1.58. The number of nitrogens with one attached hydrogen (secondary N) is 2. The van der Waals surface area contributed by atoms with Gasteiger partial charge in [-0.25, -0.2) is 9.79 Å². The van der Waals surface area contributed by atoms with Crippen molar-refractivity contribution in [3.8, 4) is 0 Å². The lowest BCUT2D eigenvalue weighted by molar-refractivity contribution is 0.0963. The zero-order valence-electron chi connectivity index (χ0n) is 17.0. The highest BCUT2D eigenvalue weighted by molar-refractivity contribution is 5.80. The summed E-state index contributed by atoms with van der Waals surface area (Å²) in [4.78, 5) is 18.3. The number of likely N-dealkylation sites (tertiary alicyclic amines) is 1. The number of piperidine rings is 1.